The smallest absolute Gasteiger partial charge is 0.217 e. The van der Waals surface area contributed by atoms with Crippen LogP contribution in [-0.4, -0.2) is 33.2 Å². The maximum absolute atomic E-state index is 12.4. The number of benzene rings is 2. The third-order valence-electron chi connectivity index (χ3n) is 4.00. The molecule has 0 bridgehead atoms. The minimum Gasteiger partial charge on any atom is -0.497 e. The summed E-state index contributed by atoms with van der Waals surface area (Å²) in [5.74, 6) is 1.10. The molecule has 0 spiro atoms. The van der Waals surface area contributed by atoms with Gasteiger partial charge in [-0.2, -0.15) is 0 Å². The van der Waals surface area contributed by atoms with Gasteiger partial charge in [0.25, 0.3) is 0 Å². The number of hydrogen-bond acceptors (Lipinski definition) is 6. The molecule has 0 unspecified atom stereocenters. The number of thiazole rings is 1. The van der Waals surface area contributed by atoms with Gasteiger partial charge in [0.05, 0.1) is 18.6 Å². The molecule has 0 saturated heterocycles. The highest BCUT2D eigenvalue weighted by molar-refractivity contribution is 7.99. The Kier molecular flexibility index (Phi) is 5.15. The van der Waals surface area contributed by atoms with Crippen molar-refractivity contribution in [2.45, 2.75) is 5.16 Å². The maximum Gasteiger partial charge on any atom is 0.217 e. The number of halogens is 1. The van der Waals surface area contributed by atoms with Crippen LogP contribution in [0.3, 0.4) is 0 Å². The SMILES string of the molecule is COc1ccc(-c2csc3nnc(SCC(=O)c4ccc(Cl)cc4)n23)cc1. The molecule has 0 aliphatic rings. The van der Waals surface area contributed by atoms with E-state index >= 15 is 0 Å². The number of carbonyl (C=O) groups excluding carboxylic acids is 1. The number of methoxy groups -OCH3 is 1. The van der Waals surface area contributed by atoms with E-state index < -0.39 is 0 Å². The topological polar surface area (TPSA) is 56.5 Å². The van der Waals surface area contributed by atoms with Crippen molar-refractivity contribution in [1.29, 1.82) is 0 Å². The highest BCUT2D eigenvalue weighted by Gasteiger charge is 2.16. The van der Waals surface area contributed by atoms with Gasteiger partial charge in [0.15, 0.2) is 10.9 Å². The van der Waals surface area contributed by atoms with E-state index in [-0.39, 0.29) is 11.5 Å². The van der Waals surface area contributed by atoms with Crippen LogP contribution < -0.4 is 4.74 Å². The van der Waals surface area contributed by atoms with Crippen molar-refractivity contribution in [3.8, 4) is 17.0 Å². The monoisotopic (exact) mass is 415 g/mol. The van der Waals surface area contributed by atoms with E-state index in [0.717, 1.165) is 22.0 Å². The molecule has 2 aromatic carbocycles. The van der Waals surface area contributed by atoms with Crippen LogP contribution in [0.15, 0.2) is 59.1 Å². The predicted molar refractivity (Wildman–Crippen MR) is 109 cm³/mol. The lowest BCUT2D eigenvalue weighted by atomic mass is 10.1. The number of rotatable bonds is 6. The van der Waals surface area contributed by atoms with Gasteiger partial charge in [-0.3, -0.25) is 9.20 Å². The summed E-state index contributed by atoms with van der Waals surface area (Å²) in [6.45, 7) is 0. The van der Waals surface area contributed by atoms with E-state index in [4.69, 9.17) is 16.3 Å². The lowest BCUT2D eigenvalue weighted by Crippen LogP contribution is -2.03. The molecule has 0 fully saturated rings. The zero-order chi connectivity index (χ0) is 18.8. The fraction of sp³-hybridized carbons (Fsp3) is 0.105. The summed E-state index contributed by atoms with van der Waals surface area (Å²) in [7, 11) is 1.64. The second-order valence-corrected chi connectivity index (χ2v) is 7.88. The number of ketones is 1. The van der Waals surface area contributed by atoms with Crippen molar-refractivity contribution in [3.63, 3.8) is 0 Å². The molecule has 4 aromatic rings. The fourth-order valence-corrected chi connectivity index (χ4v) is 4.46. The minimum absolute atomic E-state index is 0.0228. The number of aromatic nitrogens is 3. The average Bonchev–Trinajstić information content (AvgIpc) is 3.29. The highest BCUT2D eigenvalue weighted by atomic mass is 35.5. The first kappa shape index (κ1) is 18.0. The van der Waals surface area contributed by atoms with Gasteiger partial charge >= 0.3 is 0 Å². The summed E-state index contributed by atoms with van der Waals surface area (Å²) in [6.07, 6.45) is 0. The number of hydrogen-bond donors (Lipinski definition) is 0. The average molecular weight is 416 g/mol. The van der Waals surface area contributed by atoms with E-state index in [1.807, 2.05) is 34.0 Å². The molecule has 0 N–H and O–H groups in total. The second kappa shape index (κ2) is 7.72. The molecule has 2 aromatic heterocycles. The zero-order valence-corrected chi connectivity index (χ0v) is 16.6. The van der Waals surface area contributed by atoms with Gasteiger partial charge in [0.1, 0.15) is 5.75 Å². The van der Waals surface area contributed by atoms with Crippen molar-refractivity contribution in [3.05, 3.63) is 64.5 Å². The van der Waals surface area contributed by atoms with Gasteiger partial charge in [0, 0.05) is 16.0 Å². The molecule has 0 saturated carbocycles. The van der Waals surface area contributed by atoms with Gasteiger partial charge in [-0.1, -0.05) is 23.4 Å². The summed E-state index contributed by atoms with van der Waals surface area (Å²) in [5, 5.41) is 11.8. The molecular weight excluding hydrogens is 402 g/mol. The summed E-state index contributed by atoms with van der Waals surface area (Å²) < 4.78 is 7.20. The number of thioether (sulfide) groups is 1. The van der Waals surface area contributed by atoms with Crippen LogP contribution in [0.1, 0.15) is 10.4 Å². The largest absolute Gasteiger partial charge is 0.497 e. The maximum atomic E-state index is 12.4. The molecule has 27 heavy (non-hydrogen) atoms. The highest BCUT2D eigenvalue weighted by Crippen LogP contribution is 2.31. The van der Waals surface area contributed by atoms with Gasteiger partial charge in [0.2, 0.25) is 4.96 Å². The first-order chi connectivity index (χ1) is 13.2. The van der Waals surface area contributed by atoms with Crippen LogP contribution in [-0.2, 0) is 0 Å². The molecule has 0 atom stereocenters. The van der Waals surface area contributed by atoms with Crippen LogP contribution in [0.4, 0.5) is 0 Å². The molecule has 4 rings (SSSR count). The minimum atomic E-state index is 0.0228. The first-order valence-corrected chi connectivity index (χ1v) is 10.3. The van der Waals surface area contributed by atoms with Crippen LogP contribution in [0, 0.1) is 0 Å². The Morgan fingerprint density at radius 2 is 1.89 bits per heavy atom. The lowest BCUT2D eigenvalue weighted by molar-refractivity contribution is 0.102. The summed E-state index contributed by atoms with van der Waals surface area (Å²) >= 11 is 8.77. The van der Waals surface area contributed by atoms with E-state index in [9.17, 15) is 4.79 Å². The number of fused-ring (bicyclic) bond motifs is 1. The fourth-order valence-electron chi connectivity index (χ4n) is 2.60. The summed E-state index contributed by atoms with van der Waals surface area (Å²) in [4.78, 5) is 13.2. The van der Waals surface area contributed by atoms with Crippen LogP contribution in [0.5, 0.6) is 5.75 Å². The third kappa shape index (κ3) is 3.71. The van der Waals surface area contributed by atoms with Gasteiger partial charge in [-0.15, -0.1) is 21.5 Å². The van der Waals surface area contributed by atoms with Crippen LogP contribution >= 0.6 is 34.7 Å². The van der Waals surface area contributed by atoms with E-state index in [0.29, 0.717) is 15.7 Å². The summed E-state index contributed by atoms with van der Waals surface area (Å²) in [5.41, 5.74) is 2.66. The Hall–Kier alpha value is -2.35. The van der Waals surface area contributed by atoms with E-state index in [2.05, 4.69) is 10.2 Å². The Morgan fingerprint density at radius 3 is 2.59 bits per heavy atom. The summed E-state index contributed by atoms with van der Waals surface area (Å²) in [6, 6.07) is 14.7. The van der Waals surface area contributed by atoms with E-state index in [1.54, 1.807) is 31.4 Å². The number of Topliss-reactive ketones (excluding diaryl/α,β-unsaturated/α-hetero) is 1. The predicted octanol–water partition coefficient (Wildman–Crippen LogP) is 5.09. The molecule has 136 valence electrons. The number of carbonyl (C=O) groups is 1. The molecule has 0 aliphatic carbocycles. The zero-order valence-electron chi connectivity index (χ0n) is 14.3. The Labute approximate surface area is 169 Å². The Bertz CT molecular complexity index is 1090. The Morgan fingerprint density at radius 1 is 1.15 bits per heavy atom. The van der Waals surface area contributed by atoms with Crippen molar-refractivity contribution < 1.29 is 9.53 Å². The number of ether oxygens (including phenoxy) is 1. The molecular formula is C19H14ClN3O2S2. The molecule has 0 amide bonds. The standard InChI is InChI=1S/C19H14ClN3O2S2/c1-25-15-8-4-12(5-9-15)16-10-26-18-21-22-19(23(16)18)27-11-17(24)13-2-6-14(20)7-3-13/h2-10H,11H2,1H3. The van der Waals surface area contributed by atoms with Crippen molar-refractivity contribution >= 4 is 45.4 Å². The molecule has 2 heterocycles. The van der Waals surface area contributed by atoms with Gasteiger partial charge < -0.3 is 4.74 Å². The van der Waals surface area contributed by atoms with Crippen LogP contribution in [0.25, 0.3) is 16.2 Å². The Balaban J connectivity index is 1.58. The van der Waals surface area contributed by atoms with Crippen molar-refractivity contribution in [2.24, 2.45) is 0 Å². The normalized spacial score (nSPS) is 11.0. The quantitative estimate of drug-likeness (QED) is 0.324. The molecule has 8 heteroatoms. The van der Waals surface area contributed by atoms with E-state index in [1.165, 1.54) is 23.1 Å². The first-order valence-electron chi connectivity index (χ1n) is 8.04. The van der Waals surface area contributed by atoms with Gasteiger partial charge in [-0.25, -0.2) is 0 Å². The second-order valence-electron chi connectivity index (χ2n) is 5.67. The number of nitrogens with zero attached hydrogens (tertiary/aromatic N) is 3. The molecule has 5 nitrogen and oxygen atoms in total. The molecule has 0 aliphatic heterocycles. The van der Waals surface area contributed by atoms with Crippen molar-refractivity contribution in [1.82, 2.24) is 14.6 Å². The van der Waals surface area contributed by atoms with Gasteiger partial charge in [-0.05, 0) is 54.1 Å². The lowest BCUT2D eigenvalue weighted by Gasteiger charge is -2.05. The molecule has 0 radical (unpaired) electrons. The third-order valence-corrected chi connectivity index (χ3v) is 6.00. The van der Waals surface area contributed by atoms with Crippen molar-refractivity contribution in [2.75, 3.05) is 12.9 Å². The van der Waals surface area contributed by atoms with Crippen LogP contribution in [0.2, 0.25) is 5.02 Å².